The zero-order chi connectivity index (χ0) is 20.9. The van der Waals surface area contributed by atoms with Crippen molar-refractivity contribution in [3.05, 3.63) is 63.1 Å². The minimum atomic E-state index is -1.48. The van der Waals surface area contributed by atoms with Crippen LogP contribution in [0.3, 0.4) is 0 Å². The van der Waals surface area contributed by atoms with Crippen LogP contribution in [0, 0.1) is 0 Å². The van der Waals surface area contributed by atoms with Crippen molar-refractivity contribution in [2.24, 2.45) is 10.1 Å². The van der Waals surface area contributed by atoms with Gasteiger partial charge in [0, 0.05) is 26.7 Å². The molecule has 2 N–H and O–H groups in total. The van der Waals surface area contributed by atoms with Gasteiger partial charge in [0.05, 0.1) is 5.36 Å². The Kier molecular flexibility index (Phi) is 4.67. The molecule has 2 aromatic carbocycles. The number of amidine groups is 1. The summed E-state index contributed by atoms with van der Waals surface area (Å²) in [7, 11) is 0. The van der Waals surface area contributed by atoms with Crippen molar-refractivity contribution in [1.82, 2.24) is 10.3 Å². The Morgan fingerprint density at radius 1 is 1.17 bits per heavy atom. The van der Waals surface area contributed by atoms with E-state index in [0.717, 1.165) is 23.1 Å². The fourth-order valence-electron chi connectivity index (χ4n) is 3.83. The number of halogens is 1. The van der Waals surface area contributed by atoms with Gasteiger partial charge in [-0.1, -0.05) is 59.2 Å². The molecular weight excluding hydrogens is 466 g/mol. The van der Waals surface area contributed by atoms with Gasteiger partial charge in [-0.05, 0) is 30.7 Å². The molecule has 0 fully saturated rings. The van der Waals surface area contributed by atoms with E-state index in [9.17, 15) is 9.59 Å². The van der Waals surface area contributed by atoms with Crippen LogP contribution < -0.4 is 21.2 Å². The van der Waals surface area contributed by atoms with Crippen molar-refractivity contribution in [2.75, 3.05) is 11.1 Å². The molecule has 30 heavy (non-hydrogen) atoms. The van der Waals surface area contributed by atoms with Crippen molar-refractivity contribution in [2.45, 2.75) is 25.4 Å². The molecule has 2 amide bonds. The fraction of sp³-hybridized carbons (Fsp3) is 0.238. The number of unbranched alkanes of at least 4 members (excludes halogenated alkanes) is 1. The molecule has 3 aliphatic heterocycles. The summed E-state index contributed by atoms with van der Waals surface area (Å²) in [6.07, 6.45) is 2.05. The number of fused-ring (bicyclic) bond motifs is 5. The maximum Gasteiger partial charge on any atom is 0.279 e. The highest BCUT2D eigenvalue weighted by molar-refractivity contribution is 9.10. The Balaban J connectivity index is 1.78. The number of nitrogens with zero attached hydrogens (tertiary/aromatic N) is 3. The first-order valence-electron chi connectivity index (χ1n) is 9.68. The third-order valence-corrected chi connectivity index (χ3v) is 6.69. The maximum atomic E-state index is 13.4. The van der Waals surface area contributed by atoms with Crippen LogP contribution in [0.25, 0.3) is 5.70 Å². The molecule has 0 aliphatic carbocycles. The number of rotatable bonds is 3. The van der Waals surface area contributed by atoms with Crippen LogP contribution >= 0.6 is 27.7 Å². The summed E-state index contributed by atoms with van der Waals surface area (Å²) in [5.41, 5.74) is 0.164. The van der Waals surface area contributed by atoms with E-state index in [1.165, 1.54) is 16.8 Å². The van der Waals surface area contributed by atoms with Gasteiger partial charge in [0.25, 0.3) is 17.5 Å². The molecule has 152 valence electrons. The number of hydrogen-bond acceptors (Lipinski definition) is 6. The number of anilines is 1. The molecule has 1 spiro atoms. The van der Waals surface area contributed by atoms with Crippen molar-refractivity contribution in [1.29, 1.82) is 0 Å². The second-order valence-electron chi connectivity index (χ2n) is 7.17. The zero-order valence-corrected chi connectivity index (χ0v) is 18.5. The van der Waals surface area contributed by atoms with E-state index in [0.29, 0.717) is 32.7 Å². The van der Waals surface area contributed by atoms with Gasteiger partial charge in [0.2, 0.25) is 0 Å². The van der Waals surface area contributed by atoms with Crippen LogP contribution in [-0.4, -0.2) is 27.7 Å². The predicted octanol–water partition coefficient (Wildman–Crippen LogP) is 2.23. The molecule has 7 nitrogen and oxygen atoms in total. The first-order valence-corrected chi connectivity index (χ1v) is 11.5. The molecule has 1 unspecified atom stereocenters. The number of para-hydroxylation sites is 1. The summed E-state index contributed by atoms with van der Waals surface area (Å²) >= 11 is 4.97. The van der Waals surface area contributed by atoms with E-state index in [1.807, 2.05) is 42.5 Å². The third-order valence-electron chi connectivity index (χ3n) is 5.24. The lowest BCUT2D eigenvalue weighted by molar-refractivity contribution is -0.127. The average Bonchev–Trinajstić information content (AvgIpc) is 3.00. The van der Waals surface area contributed by atoms with Crippen molar-refractivity contribution >= 4 is 56.1 Å². The smallest absolute Gasteiger partial charge is 0.279 e. The topological polar surface area (TPSA) is 86.2 Å². The van der Waals surface area contributed by atoms with Gasteiger partial charge in [-0.2, -0.15) is 0 Å². The SMILES string of the molecule is CCCCSC1=NN2C(=c3ccccc3=NC23C(=O)Nc2ccc(Br)cc23)C(=O)N1. The Morgan fingerprint density at radius 2 is 2.00 bits per heavy atom. The van der Waals surface area contributed by atoms with Crippen LogP contribution in [-0.2, 0) is 15.3 Å². The monoisotopic (exact) mass is 483 g/mol. The number of hydrazone groups is 1. The number of carbonyl (C=O) groups excluding carboxylic acids is 2. The Labute approximate surface area is 185 Å². The van der Waals surface area contributed by atoms with E-state index < -0.39 is 5.66 Å². The second kappa shape index (κ2) is 7.24. The van der Waals surface area contributed by atoms with Gasteiger partial charge in [-0.25, -0.2) is 10.0 Å². The third kappa shape index (κ3) is 2.79. The number of nitrogens with one attached hydrogen (secondary N) is 2. The molecule has 0 saturated carbocycles. The molecule has 3 heterocycles. The molecule has 2 aromatic rings. The summed E-state index contributed by atoms with van der Waals surface area (Å²) in [4.78, 5) is 31.4. The lowest BCUT2D eigenvalue weighted by Gasteiger charge is -2.39. The quantitative estimate of drug-likeness (QED) is 0.655. The van der Waals surface area contributed by atoms with E-state index in [2.05, 4.69) is 33.5 Å². The van der Waals surface area contributed by atoms with Crippen LogP contribution in [0.15, 0.2) is 57.0 Å². The van der Waals surface area contributed by atoms with Crippen LogP contribution in [0.4, 0.5) is 5.69 Å². The first kappa shape index (κ1) is 19.3. The molecular formula is C21H18BrN5O2S. The molecule has 3 aliphatic rings. The summed E-state index contributed by atoms with van der Waals surface area (Å²) < 4.78 is 0.815. The molecule has 1 atom stereocenters. The highest BCUT2D eigenvalue weighted by Gasteiger charge is 2.56. The standard InChI is InChI=1S/C21H18BrN5O2S/c1-2-3-10-30-20-24-18(28)17-13-6-4-5-7-15(13)25-21(27(17)26-20)14-11-12(22)8-9-16(14)23-19(21)29/h4-9,11H,2-3,10H2,1H3,(H,23,29)(H,24,26,28). The summed E-state index contributed by atoms with van der Waals surface area (Å²) in [6, 6.07) is 12.9. The van der Waals surface area contributed by atoms with Gasteiger partial charge >= 0.3 is 0 Å². The number of thioether (sulfide) groups is 1. The Hall–Kier alpha value is -2.65. The Bertz CT molecular complexity index is 1240. The summed E-state index contributed by atoms with van der Waals surface area (Å²) in [5, 5.41) is 13.7. The van der Waals surface area contributed by atoms with E-state index >= 15 is 0 Å². The van der Waals surface area contributed by atoms with Gasteiger partial charge in [-0.15, -0.1) is 5.10 Å². The minimum absolute atomic E-state index is 0.290. The van der Waals surface area contributed by atoms with Gasteiger partial charge < -0.3 is 5.32 Å². The molecule has 5 rings (SSSR count). The lowest BCUT2D eigenvalue weighted by Crippen LogP contribution is -2.59. The van der Waals surface area contributed by atoms with Crippen molar-refractivity contribution in [3.63, 3.8) is 0 Å². The van der Waals surface area contributed by atoms with E-state index in [4.69, 9.17) is 10.1 Å². The summed E-state index contributed by atoms with van der Waals surface area (Å²) in [5.74, 6) is 0.203. The average molecular weight is 484 g/mol. The predicted molar refractivity (Wildman–Crippen MR) is 120 cm³/mol. The summed E-state index contributed by atoms with van der Waals surface area (Å²) in [6.45, 7) is 2.11. The minimum Gasteiger partial charge on any atom is -0.321 e. The lowest BCUT2D eigenvalue weighted by atomic mass is 9.97. The van der Waals surface area contributed by atoms with Gasteiger partial charge in [0.1, 0.15) is 5.70 Å². The number of amides is 2. The van der Waals surface area contributed by atoms with E-state index in [1.54, 1.807) is 0 Å². The normalized spacial score (nSPS) is 21.3. The molecule has 0 aromatic heterocycles. The number of hydrogen-bond donors (Lipinski definition) is 2. The highest BCUT2D eigenvalue weighted by atomic mass is 79.9. The van der Waals surface area contributed by atoms with Crippen LogP contribution in [0.2, 0.25) is 0 Å². The van der Waals surface area contributed by atoms with Gasteiger partial charge in [-0.3, -0.25) is 14.9 Å². The van der Waals surface area contributed by atoms with Gasteiger partial charge in [0.15, 0.2) is 5.17 Å². The maximum absolute atomic E-state index is 13.4. The zero-order valence-electron chi connectivity index (χ0n) is 16.1. The second-order valence-corrected chi connectivity index (χ2v) is 9.17. The fourth-order valence-corrected chi connectivity index (χ4v) is 5.12. The molecule has 0 radical (unpaired) electrons. The molecule has 9 heteroatoms. The Morgan fingerprint density at radius 3 is 2.83 bits per heavy atom. The first-order chi connectivity index (χ1) is 14.5. The molecule has 0 saturated heterocycles. The number of benzene rings is 2. The van der Waals surface area contributed by atoms with Crippen molar-refractivity contribution < 1.29 is 9.59 Å². The highest BCUT2D eigenvalue weighted by Crippen LogP contribution is 2.46. The van der Waals surface area contributed by atoms with Crippen LogP contribution in [0.1, 0.15) is 25.3 Å². The van der Waals surface area contributed by atoms with Crippen molar-refractivity contribution in [3.8, 4) is 0 Å². The molecule has 0 bridgehead atoms. The van der Waals surface area contributed by atoms with E-state index in [-0.39, 0.29) is 11.8 Å². The largest absolute Gasteiger partial charge is 0.321 e. The van der Waals surface area contributed by atoms with Crippen LogP contribution in [0.5, 0.6) is 0 Å². The number of carbonyl (C=O) groups is 2.